The average Bonchev–Trinajstić information content (AvgIpc) is 3.50. The van der Waals surface area contributed by atoms with E-state index in [0.717, 1.165) is 30.5 Å². The van der Waals surface area contributed by atoms with Crippen molar-refractivity contribution >= 4 is 23.3 Å². The Labute approximate surface area is 171 Å². The van der Waals surface area contributed by atoms with Crippen molar-refractivity contribution in [3.05, 3.63) is 35.0 Å². The van der Waals surface area contributed by atoms with E-state index in [4.69, 9.17) is 26.4 Å². The third-order valence-corrected chi connectivity index (χ3v) is 5.23. The van der Waals surface area contributed by atoms with E-state index in [2.05, 4.69) is 12.2 Å². The zero-order valence-corrected chi connectivity index (χ0v) is 17.7. The lowest BCUT2D eigenvalue weighted by atomic mass is 9.94. The van der Waals surface area contributed by atoms with Crippen molar-refractivity contribution in [3.8, 4) is 11.5 Å². The first-order chi connectivity index (χ1) is 13.5. The minimum Gasteiger partial charge on any atom is -0.493 e. The fraction of sp³-hybridized carbons (Fsp3) is 0.524. The third-order valence-electron chi connectivity index (χ3n) is 4.92. The van der Waals surface area contributed by atoms with Crippen LogP contribution in [0.5, 0.6) is 11.5 Å². The fourth-order valence-corrected chi connectivity index (χ4v) is 3.85. The normalized spacial score (nSPS) is 19.4. The van der Waals surface area contributed by atoms with Crippen molar-refractivity contribution in [1.82, 2.24) is 10.2 Å². The Hall–Kier alpha value is -2.28. The Balaban J connectivity index is 2.00. The summed E-state index contributed by atoms with van der Waals surface area (Å²) in [6.45, 7) is 6.75. The molecule has 3 rings (SSSR count). The number of allylic oxidation sites excluding steroid dienone is 1. The van der Waals surface area contributed by atoms with Gasteiger partial charge in [0, 0.05) is 11.7 Å². The van der Waals surface area contributed by atoms with Gasteiger partial charge in [-0.05, 0) is 63.0 Å². The molecular weight excluding hydrogens is 376 g/mol. The number of rotatable bonds is 8. The highest BCUT2D eigenvalue weighted by atomic mass is 32.1. The predicted molar refractivity (Wildman–Crippen MR) is 111 cm³/mol. The summed E-state index contributed by atoms with van der Waals surface area (Å²) in [6.07, 6.45) is 3.07. The average molecular weight is 405 g/mol. The van der Waals surface area contributed by atoms with Crippen LogP contribution in [0.1, 0.15) is 51.6 Å². The van der Waals surface area contributed by atoms with Crippen molar-refractivity contribution in [1.29, 1.82) is 0 Å². The summed E-state index contributed by atoms with van der Waals surface area (Å²) in [7, 11) is 1.61. The molecule has 0 radical (unpaired) electrons. The second-order valence-electron chi connectivity index (χ2n) is 6.96. The van der Waals surface area contributed by atoms with Gasteiger partial charge < -0.3 is 24.4 Å². The number of benzene rings is 1. The molecule has 0 amide bonds. The maximum atomic E-state index is 12.8. The molecule has 1 aliphatic carbocycles. The molecule has 0 bridgehead atoms. The molecule has 7 heteroatoms. The van der Waals surface area contributed by atoms with Gasteiger partial charge in [0.25, 0.3) is 0 Å². The molecule has 0 aromatic heterocycles. The molecule has 152 valence electrons. The van der Waals surface area contributed by atoms with Crippen LogP contribution in [0.3, 0.4) is 0 Å². The minimum atomic E-state index is -0.393. The smallest absolute Gasteiger partial charge is 0.338 e. The van der Waals surface area contributed by atoms with Crippen LogP contribution in [-0.2, 0) is 9.53 Å². The molecule has 1 aromatic carbocycles. The Morgan fingerprint density at radius 1 is 1.29 bits per heavy atom. The molecule has 0 spiro atoms. The maximum Gasteiger partial charge on any atom is 0.338 e. The zero-order chi connectivity index (χ0) is 20.3. The van der Waals surface area contributed by atoms with Crippen LogP contribution in [0.15, 0.2) is 29.5 Å². The monoisotopic (exact) mass is 404 g/mol. The Morgan fingerprint density at radius 2 is 2.04 bits per heavy atom. The van der Waals surface area contributed by atoms with Crippen LogP contribution in [-0.4, -0.2) is 42.3 Å². The highest BCUT2D eigenvalue weighted by molar-refractivity contribution is 7.80. The van der Waals surface area contributed by atoms with E-state index in [-0.39, 0.29) is 5.97 Å². The molecular formula is C21H28N2O4S. The van der Waals surface area contributed by atoms with Crippen molar-refractivity contribution in [2.75, 3.05) is 20.3 Å². The summed E-state index contributed by atoms with van der Waals surface area (Å²) in [5.74, 6) is 0.990. The van der Waals surface area contributed by atoms with E-state index in [1.807, 2.05) is 36.9 Å². The number of hydrogen-bond acceptors (Lipinski definition) is 5. The maximum absolute atomic E-state index is 12.8. The Kier molecular flexibility index (Phi) is 6.44. The molecule has 1 aliphatic heterocycles. The van der Waals surface area contributed by atoms with Crippen LogP contribution in [0.25, 0.3) is 0 Å². The number of ether oxygens (including phenoxy) is 3. The van der Waals surface area contributed by atoms with E-state index in [0.29, 0.717) is 41.4 Å². The van der Waals surface area contributed by atoms with Gasteiger partial charge in [-0.15, -0.1) is 0 Å². The number of nitrogens with one attached hydrogen (secondary N) is 1. The topological polar surface area (TPSA) is 60.0 Å². The van der Waals surface area contributed by atoms with Crippen LogP contribution in [0, 0.1) is 0 Å². The highest BCUT2D eigenvalue weighted by Crippen LogP contribution is 2.39. The van der Waals surface area contributed by atoms with Gasteiger partial charge in [-0.2, -0.15) is 0 Å². The summed E-state index contributed by atoms with van der Waals surface area (Å²) in [6, 6.07) is 5.68. The van der Waals surface area contributed by atoms with Crippen molar-refractivity contribution in [2.45, 2.75) is 52.1 Å². The first kappa shape index (κ1) is 20.5. The van der Waals surface area contributed by atoms with E-state index in [1.165, 1.54) is 0 Å². The number of carbonyl (C=O) groups excluding carboxylic acids is 1. The molecule has 6 nitrogen and oxygen atoms in total. The van der Waals surface area contributed by atoms with Gasteiger partial charge in [-0.1, -0.05) is 13.0 Å². The zero-order valence-electron chi connectivity index (χ0n) is 16.9. The largest absolute Gasteiger partial charge is 0.493 e. The lowest BCUT2D eigenvalue weighted by Gasteiger charge is -2.37. The Morgan fingerprint density at radius 3 is 2.64 bits per heavy atom. The minimum absolute atomic E-state index is 0.323. The van der Waals surface area contributed by atoms with Crippen molar-refractivity contribution in [3.63, 3.8) is 0 Å². The van der Waals surface area contributed by atoms with Gasteiger partial charge >= 0.3 is 5.97 Å². The van der Waals surface area contributed by atoms with Gasteiger partial charge in [0.15, 0.2) is 16.6 Å². The molecule has 0 unspecified atom stereocenters. The first-order valence-electron chi connectivity index (χ1n) is 9.80. The number of carbonyl (C=O) groups is 1. The lowest BCUT2D eigenvalue weighted by Crippen LogP contribution is -2.48. The summed E-state index contributed by atoms with van der Waals surface area (Å²) < 4.78 is 16.6. The van der Waals surface area contributed by atoms with Gasteiger partial charge in [0.2, 0.25) is 0 Å². The van der Waals surface area contributed by atoms with Crippen LogP contribution < -0.4 is 14.8 Å². The van der Waals surface area contributed by atoms with Crippen molar-refractivity contribution < 1.29 is 19.0 Å². The molecule has 1 fully saturated rings. The quantitative estimate of drug-likeness (QED) is 0.523. The molecule has 2 aliphatic rings. The predicted octanol–water partition coefficient (Wildman–Crippen LogP) is 3.71. The second-order valence-corrected chi connectivity index (χ2v) is 7.35. The summed E-state index contributed by atoms with van der Waals surface area (Å²) in [5, 5.41) is 3.98. The molecule has 0 saturated heterocycles. The summed E-state index contributed by atoms with van der Waals surface area (Å²) in [4.78, 5) is 14.9. The number of nitrogens with zero attached hydrogens (tertiary/aromatic N) is 1. The van der Waals surface area contributed by atoms with Crippen molar-refractivity contribution in [2.24, 2.45) is 0 Å². The van der Waals surface area contributed by atoms with E-state index < -0.39 is 6.04 Å². The molecule has 1 heterocycles. The molecule has 1 atom stereocenters. The number of thiocarbonyl (C=S) groups is 1. The summed E-state index contributed by atoms with van der Waals surface area (Å²) >= 11 is 5.62. The summed E-state index contributed by atoms with van der Waals surface area (Å²) in [5.41, 5.74) is 2.33. The number of methoxy groups -OCH3 is 1. The fourth-order valence-electron chi connectivity index (χ4n) is 3.45. The first-order valence-corrected chi connectivity index (χ1v) is 10.2. The second kappa shape index (κ2) is 8.82. The third kappa shape index (κ3) is 4.09. The van der Waals surface area contributed by atoms with Crippen LogP contribution >= 0.6 is 12.2 Å². The molecule has 1 saturated carbocycles. The molecule has 1 aromatic rings. The standard InChI is InChI=1S/C21H28N2O4S/c1-5-11-27-16-10-7-14(12-17(16)25-4)19-18(20(24)26-6-2)13(3)23(15-8-9-15)21(28)22-19/h7,10,12,15,19H,5-6,8-9,11H2,1-4H3,(H,22,28)/t19-/m1/s1. The SMILES string of the molecule is CCCOc1ccc([C@H]2NC(=S)N(C3CC3)C(C)=C2C(=O)OCC)cc1OC. The molecule has 1 N–H and O–H groups in total. The number of esters is 1. The van der Waals surface area contributed by atoms with Crippen LogP contribution in [0.2, 0.25) is 0 Å². The van der Waals surface area contributed by atoms with Gasteiger partial charge in [-0.25, -0.2) is 4.79 Å². The molecule has 28 heavy (non-hydrogen) atoms. The van der Waals surface area contributed by atoms with E-state index in [9.17, 15) is 4.79 Å². The van der Waals surface area contributed by atoms with Gasteiger partial charge in [0.1, 0.15) is 0 Å². The van der Waals surface area contributed by atoms with Gasteiger partial charge in [0.05, 0.1) is 31.9 Å². The van der Waals surface area contributed by atoms with Crippen LogP contribution in [0.4, 0.5) is 0 Å². The lowest BCUT2D eigenvalue weighted by molar-refractivity contribution is -0.139. The van der Waals surface area contributed by atoms with Gasteiger partial charge in [-0.3, -0.25) is 0 Å². The van der Waals surface area contributed by atoms with E-state index >= 15 is 0 Å². The highest BCUT2D eigenvalue weighted by Gasteiger charge is 2.41. The van der Waals surface area contributed by atoms with E-state index in [1.54, 1.807) is 7.11 Å². The number of hydrogen-bond donors (Lipinski definition) is 1. The Bertz CT molecular complexity index is 789.